The number of aryl methyl sites for hydroxylation is 1. The monoisotopic (exact) mass is 386 g/mol. The first kappa shape index (κ1) is 18.8. The SMILES string of the molecule is Cc1cccc(NC(=O)c2cc(Oc3cnc(F)c(F)c3)cnc2/N=C\N)n1.[HH]. The highest BCUT2D eigenvalue weighted by Crippen LogP contribution is 2.26. The third-order valence-electron chi connectivity index (χ3n) is 3.42. The fraction of sp³-hybridized carbons (Fsp3) is 0.0556. The molecule has 0 spiro atoms. The van der Waals surface area contributed by atoms with Gasteiger partial charge in [0.15, 0.2) is 11.6 Å². The quantitative estimate of drug-likeness (QED) is 0.395. The van der Waals surface area contributed by atoms with Gasteiger partial charge >= 0.3 is 0 Å². The van der Waals surface area contributed by atoms with Gasteiger partial charge in [0.2, 0.25) is 5.95 Å². The molecular formula is C18H16F2N6O2. The Balaban J connectivity index is 0.00000300. The summed E-state index contributed by atoms with van der Waals surface area (Å²) in [5.74, 6) is -2.57. The number of halogens is 2. The van der Waals surface area contributed by atoms with Gasteiger partial charge in [-0.1, -0.05) is 6.07 Å². The van der Waals surface area contributed by atoms with Crippen molar-refractivity contribution in [1.29, 1.82) is 0 Å². The summed E-state index contributed by atoms with van der Waals surface area (Å²) in [6.45, 7) is 1.78. The van der Waals surface area contributed by atoms with E-state index in [1.807, 2.05) is 0 Å². The van der Waals surface area contributed by atoms with Gasteiger partial charge in [0.05, 0.1) is 24.3 Å². The van der Waals surface area contributed by atoms with Crippen molar-refractivity contribution in [3.63, 3.8) is 0 Å². The van der Waals surface area contributed by atoms with Crippen molar-refractivity contribution in [1.82, 2.24) is 15.0 Å². The van der Waals surface area contributed by atoms with Crippen molar-refractivity contribution >= 4 is 23.9 Å². The predicted octanol–water partition coefficient (Wildman–Crippen LogP) is 3.37. The van der Waals surface area contributed by atoms with E-state index in [0.29, 0.717) is 5.82 Å². The van der Waals surface area contributed by atoms with Gasteiger partial charge in [0.1, 0.15) is 17.3 Å². The van der Waals surface area contributed by atoms with Crippen LogP contribution in [0.5, 0.6) is 11.5 Å². The Bertz CT molecular complexity index is 1060. The van der Waals surface area contributed by atoms with E-state index < -0.39 is 17.7 Å². The van der Waals surface area contributed by atoms with E-state index >= 15 is 0 Å². The molecule has 0 unspecified atom stereocenters. The molecule has 0 aliphatic rings. The zero-order valence-corrected chi connectivity index (χ0v) is 14.6. The molecular weight excluding hydrogens is 370 g/mol. The summed E-state index contributed by atoms with van der Waals surface area (Å²) in [6.07, 6.45) is 3.25. The maximum absolute atomic E-state index is 13.3. The van der Waals surface area contributed by atoms with Gasteiger partial charge in [0.25, 0.3) is 5.91 Å². The van der Waals surface area contributed by atoms with Gasteiger partial charge in [-0.3, -0.25) is 4.79 Å². The van der Waals surface area contributed by atoms with Crippen LogP contribution in [0.3, 0.4) is 0 Å². The van der Waals surface area contributed by atoms with Crippen LogP contribution in [0.1, 0.15) is 17.5 Å². The molecule has 0 radical (unpaired) electrons. The number of pyridine rings is 3. The Hall–Kier alpha value is -3.95. The van der Waals surface area contributed by atoms with Crippen LogP contribution in [0.25, 0.3) is 0 Å². The van der Waals surface area contributed by atoms with Gasteiger partial charge in [-0.25, -0.2) is 24.3 Å². The Morgan fingerprint density at radius 1 is 1.25 bits per heavy atom. The number of aliphatic imine (C=N–C) groups is 1. The molecule has 10 heteroatoms. The molecule has 3 heterocycles. The van der Waals surface area contributed by atoms with E-state index in [0.717, 1.165) is 24.3 Å². The minimum atomic E-state index is -1.25. The molecule has 3 aromatic heterocycles. The minimum Gasteiger partial charge on any atom is -0.454 e. The zero-order valence-electron chi connectivity index (χ0n) is 14.6. The van der Waals surface area contributed by atoms with E-state index in [4.69, 9.17) is 10.5 Å². The average Bonchev–Trinajstić information content (AvgIpc) is 2.66. The van der Waals surface area contributed by atoms with Gasteiger partial charge in [0, 0.05) is 13.2 Å². The zero-order chi connectivity index (χ0) is 20.1. The number of hydrogen-bond donors (Lipinski definition) is 2. The molecule has 3 rings (SSSR count). The molecule has 0 atom stereocenters. The maximum Gasteiger partial charge on any atom is 0.260 e. The number of nitrogens with two attached hydrogens (primary N) is 1. The molecule has 8 nitrogen and oxygen atoms in total. The summed E-state index contributed by atoms with van der Waals surface area (Å²) >= 11 is 0. The summed E-state index contributed by atoms with van der Waals surface area (Å²) in [5, 5.41) is 2.62. The highest BCUT2D eigenvalue weighted by atomic mass is 19.2. The van der Waals surface area contributed by atoms with Crippen LogP contribution in [-0.4, -0.2) is 27.2 Å². The number of amides is 1. The van der Waals surface area contributed by atoms with Gasteiger partial charge < -0.3 is 15.8 Å². The Morgan fingerprint density at radius 3 is 2.71 bits per heavy atom. The second kappa shape index (κ2) is 8.16. The van der Waals surface area contributed by atoms with E-state index in [1.54, 1.807) is 25.1 Å². The van der Waals surface area contributed by atoms with Crippen molar-refractivity contribution in [2.45, 2.75) is 6.92 Å². The molecule has 3 aromatic rings. The average molecular weight is 386 g/mol. The molecule has 28 heavy (non-hydrogen) atoms. The number of hydrogen-bond acceptors (Lipinski definition) is 6. The highest BCUT2D eigenvalue weighted by Gasteiger charge is 2.16. The van der Waals surface area contributed by atoms with Crippen LogP contribution in [0.4, 0.5) is 20.4 Å². The fourth-order valence-electron chi connectivity index (χ4n) is 2.23. The molecule has 0 fully saturated rings. The Morgan fingerprint density at radius 2 is 2.00 bits per heavy atom. The van der Waals surface area contributed by atoms with Crippen molar-refractivity contribution in [3.8, 4) is 11.5 Å². The van der Waals surface area contributed by atoms with Crippen LogP contribution in [-0.2, 0) is 0 Å². The smallest absolute Gasteiger partial charge is 0.260 e. The normalized spacial score (nSPS) is 10.8. The minimum absolute atomic E-state index is 0. The first-order valence-corrected chi connectivity index (χ1v) is 7.94. The van der Waals surface area contributed by atoms with Crippen molar-refractivity contribution in [2.24, 2.45) is 10.7 Å². The number of carbonyl (C=O) groups excluding carboxylic acids is 1. The number of nitrogens with zero attached hydrogens (tertiary/aromatic N) is 4. The molecule has 1 amide bonds. The molecule has 3 N–H and O–H groups in total. The van der Waals surface area contributed by atoms with Crippen molar-refractivity contribution in [3.05, 3.63) is 65.7 Å². The molecule has 0 aliphatic heterocycles. The molecule has 0 bridgehead atoms. The van der Waals surface area contributed by atoms with Crippen LogP contribution in [0.15, 0.2) is 47.7 Å². The number of nitrogens with one attached hydrogen (secondary N) is 1. The van der Waals surface area contributed by atoms with Gasteiger partial charge in [-0.2, -0.15) is 4.39 Å². The van der Waals surface area contributed by atoms with E-state index in [-0.39, 0.29) is 24.3 Å². The van der Waals surface area contributed by atoms with E-state index in [1.165, 1.54) is 12.3 Å². The fourth-order valence-corrected chi connectivity index (χ4v) is 2.23. The number of carbonyl (C=O) groups is 1. The van der Waals surface area contributed by atoms with E-state index in [9.17, 15) is 13.6 Å². The summed E-state index contributed by atoms with van der Waals surface area (Å²) in [4.78, 5) is 27.9. The molecule has 0 saturated heterocycles. The Labute approximate surface area is 159 Å². The summed E-state index contributed by atoms with van der Waals surface area (Å²) in [7, 11) is 0. The second-order valence-corrected chi connectivity index (χ2v) is 5.48. The number of ether oxygens (including phenoxy) is 1. The summed E-state index contributed by atoms with van der Waals surface area (Å²) in [6, 6.07) is 7.31. The van der Waals surface area contributed by atoms with Crippen molar-refractivity contribution in [2.75, 3.05) is 5.32 Å². The molecule has 0 aliphatic carbocycles. The maximum atomic E-state index is 13.3. The lowest BCUT2D eigenvalue weighted by atomic mass is 10.2. The lowest BCUT2D eigenvalue weighted by Crippen LogP contribution is -2.14. The summed E-state index contributed by atoms with van der Waals surface area (Å²) in [5.41, 5.74) is 6.06. The third kappa shape index (κ3) is 4.41. The van der Waals surface area contributed by atoms with Crippen LogP contribution in [0.2, 0.25) is 0 Å². The third-order valence-corrected chi connectivity index (χ3v) is 3.42. The lowest BCUT2D eigenvalue weighted by Gasteiger charge is -2.10. The largest absolute Gasteiger partial charge is 0.454 e. The van der Waals surface area contributed by atoms with Crippen LogP contribution in [0, 0.1) is 18.7 Å². The van der Waals surface area contributed by atoms with Crippen LogP contribution < -0.4 is 15.8 Å². The van der Waals surface area contributed by atoms with E-state index in [2.05, 4.69) is 25.3 Å². The standard InChI is InChI=1S/C18H14F2N6O2.H2/c1-10-3-2-4-15(25-10)26-18(27)13-5-11(8-23-17(13)24-9-21)28-12-6-14(19)16(20)22-7-12;/h2-9H,1H3,(H2,21,23,24)(H,25,26,27);1H. The number of anilines is 1. The number of aromatic nitrogens is 3. The summed E-state index contributed by atoms with van der Waals surface area (Å²) < 4.78 is 31.6. The topological polar surface area (TPSA) is 115 Å². The molecule has 0 aromatic carbocycles. The second-order valence-electron chi connectivity index (χ2n) is 5.48. The Kier molecular flexibility index (Phi) is 5.49. The first-order chi connectivity index (χ1) is 13.5. The van der Waals surface area contributed by atoms with Crippen LogP contribution >= 0.6 is 0 Å². The predicted molar refractivity (Wildman–Crippen MR) is 99.8 cm³/mol. The van der Waals surface area contributed by atoms with Crippen molar-refractivity contribution < 1.29 is 19.7 Å². The lowest BCUT2D eigenvalue weighted by molar-refractivity contribution is 0.102. The van der Waals surface area contributed by atoms with Gasteiger partial charge in [-0.15, -0.1) is 0 Å². The molecule has 0 saturated carbocycles. The van der Waals surface area contributed by atoms with Gasteiger partial charge in [-0.05, 0) is 25.1 Å². The molecule has 144 valence electrons. The number of rotatable bonds is 5. The first-order valence-electron chi connectivity index (χ1n) is 7.94. The highest BCUT2D eigenvalue weighted by molar-refractivity contribution is 6.07.